The number of unbranched alkanes of at least 4 members (excludes halogenated alkanes) is 4. The van der Waals surface area contributed by atoms with Gasteiger partial charge in [-0.05, 0) is 6.42 Å². The molecule has 0 saturated heterocycles. The molecule has 0 amide bonds. The first-order chi connectivity index (χ1) is 7.07. The van der Waals surface area contributed by atoms with Gasteiger partial charge in [-0.3, -0.25) is 4.79 Å². The van der Waals surface area contributed by atoms with E-state index in [1.807, 2.05) is 0 Å². The lowest BCUT2D eigenvalue weighted by atomic mass is 10.1. The Bertz CT molecular complexity index is 173. The first-order valence-corrected chi connectivity index (χ1v) is 6.86. The lowest BCUT2D eigenvalue weighted by molar-refractivity contribution is -0.139. The molecule has 0 aliphatic heterocycles. The summed E-state index contributed by atoms with van der Waals surface area (Å²) in [5.74, 6) is -0.921. The van der Waals surface area contributed by atoms with Gasteiger partial charge in [0.25, 0.3) is 0 Å². The number of aliphatic hydroxyl groups excluding tert-OH is 1. The van der Waals surface area contributed by atoms with E-state index in [9.17, 15) is 9.90 Å². The molecule has 2 N–H and O–H groups in total. The Balaban J connectivity index is 3.46. The smallest absolute Gasteiger partial charge is 0.306 e. The van der Waals surface area contributed by atoms with Crippen LogP contribution in [0.4, 0.5) is 0 Å². The van der Waals surface area contributed by atoms with Crippen LogP contribution in [0.3, 0.4) is 0 Å². The van der Waals surface area contributed by atoms with Crippen LogP contribution in [0.2, 0.25) is 0 Å². The molecule has 2 unspecified atom stereocenters. The highest BCUT2D eigenvalue weighted by Gasteiger charge is 2.18. The van der Waals surface area contributed by atoms with E-state index < -0.39 is 12.1 Å². The number of alkyl halides is 1. The summed E-state index contributed by atoms with van der Waals surface area (Å²) >= 11 is 2.15. The van der Waals surface area contributed by atoms with E-state index in [-0.39, 0.29) is 10.3 Å². The van der Waals surface area contributed by atoms with Crippen molar-refractivity contribution in [2.75, 3.05) is 0 Å². The minimum absolute atomic E-state index is 0.0697. The highest BCUT2D eigenvalue weighted by Crippen LogP contribution is 2.18. The highest BCUT2D eigenvalue weighted by molar-refractivity contribution is 14.1. The average molecular weight is 328 g/mol. The van der Waals surface area contributed by atoms with E-state index in [2.05, 4.69) is 29.5 Å². The molecule has 0 fully saturated rings. The van der Waals surface area contributed by atoms with Crippen LogP contribution < -0.4 is 0 Å². The highest BCUT2D eigenvalue weighted by atomic mass is 127. The van der Waals surface area contributed by atoms with Crippen molar-refractivity contribution < 1.29 is 15.0 Å². The third-order valence-electron chi connectivity index (χ3n) is 2.38. The lowest BCUT2D eigenvalue weighted by Gasteiger charge is -2.15. The van der Waals surface area contributed by atoms with Crippen molar-refractivity contribution in [3.8, 4) is 0 Å². The van der Waals surface area contributed by atoms with E-state index in [1.54, 1.807) is 0 Å². The first-order valence-electron chi connectivity index (χ1n) is 5.61. The third-order valence-corrected chi connectivity index (χ3v) is 3.84. The molecule has 90 valence electrons. The van der Waals surface area contributed by atoms with Gasteiger partial charge in [0.2, 0.25) is 0 Å². The van der Waals surface area contributed by atoms with Crippen LogP contribution in [0.15, 0.2) is 0 Å². The Morgan fingerprint density at radius 2 is 1.87 bits per heavy atom. The molecule has 15 heavy (non-hydrogen) atoms. The zero-order chi connectivity index (χ0) is 11.7. The molecule has 0 aliphatic rings. The minimum atomic E-state index is -0.921. The predicted octanol–water partition coefficient (Wildman–Crippen LogP) is 2.99. The monoisotopic (exact) mass is 328 g/mol. The summed E-state index contributed by atoms with van der Waals surface area (Å²) < 4.78 is 0.0697. The van der Waals surface area contributed by atoms with Gasteiger partial charge < -0.3 is 10.2 Å². The number of aliphatic carboxylic acids is 1. The molecule has 2 atom stereocenters. The first kappa shape index (κ1) is 15.2. The SMILES string of the molecule is CCCCCCCC(I)C(O)CC(=O)O. The standard InChI is InChI=1S/C11H21IO3/c1-2-3-4-5-6-7-9(12)10(13)8-11(14)15/h9-10,13H,2-8H2,1H3,(H,14,15). The van der Waals surface area contributed by atoms with Gasteiger partial charge in [0.1, 0.15) is 0 Å². The quantitative estimate of drug-likeness (QED) is 0.389. The minimum Gasteiger partial charge on any atom is -0.481 e. The molecule has 0 aromatic carbocycles. The van der Waals surface area contributed by atoms with Crippen LogP contribution in [0.5, 0.6) is 0 Å². The summed E-state index contributed by atoms with van der Waals surface area (Å²) in [5.41, 5.74) is 0. The maximum Gasteiger partial charge on any atom is 0.306 e. The molecule has 4 heteroatoms. The van der Waals surface area contributed by atoms with Gasteiger partial charge in [0.05, 0.1) is 12.5 Å². The number of rotatable bonds is 9. The molecule has 0 radical (unpaired) electrons. The van der Waals surface area contributed by atoms with E-state index in [4.69, 9.17) is 5.11 Å². The normalized spacial score (nSPS) is 14.9. The Hall–Kier alpha value is 0.160. The lowest BCUT2D eigenvalue weighted by Crippen LogP contribution is -2.23. The Morgan fingerprint density at radius 1 is 1.27 bits per heavy atom. The number of halogens is 1. The molecular formula is C11H21IO3. The number of carboxylic acids is 1. The maximum atomic E-state index is 10.4. The summed E-state index contributed by atoms with van der Waals surface area (Å²) in [6.45, 7) is 2.18. The number of hydrogen-bond donors (Lipinski definition) is 2. The van der Waals surface area contributed by atoms with Crippen LogP contribution >= 0.6 is 22.6 Å². The second kappa shape index (κ2) is 9.39. The molecule has 0 heterocycles. The van der Waals surface area contributed by atoms with Crippen molar-refractivity contribution in [1.29, 1.82) is 0 Å². The molecule has 0 bridgehead atoms. The van der Waals surface area contributed by atoms with Gasteiger partial charge in [0, 0.05) is 3.92 Å². The molecule has 0 rings (SSSR count). The average Bonchev–Trinajstić information content (AvgIpc) is 2.16. The molecule has 0 aromatic rings. The van der Waals surface area contributed by atoms with Crippen molar-refractivity contribution in [1.82, 2.24) is 0 Å². The summed E-state index contributed by atoms with van der Waals surface area (Å²) in [4.78, 5) is 10.4. The number of carboxylic acid groups (broad SMARTS) is 1. The molecule has 0 saturated carbocycles. The van der Waals surface area contributed by atoms with Gasteiger partial charge in [-0.25, -0.2) is 0 Å². The molecule has 0 spiro atoms. The summed E-state index contributed by atoms with van der Waals surface area (Å²) in [6, 6.07) is 0. The number of carbonyl (C=O) groups is 1. The van der Waals surface area contributed by atoms with E-state index in [0.717, 1.165) is 12.8 Å². The van der Waals surface area contributed by atoms with E-state index >= 15 is 0 Å². The summed E-state index contributed by atoms with van der Waals surface area (Å²) in [6.07, 6.45) is 6.10. The van der Waals surface area contributed by atoms with Crippen molar-refractivity contribution in [3.05, 3.63) is 0 Å². The molecule has 3 nitrogen and oxygen atoms in total. The Labute approximate surface area is 105 Å². The fraction of sp³-hybridized carbons (Fsp3) is 0.909. The van der Waals surface area contributed by atoms with Crippen LogP contribution in [0, 0.1) is 0 Å². The van der Waals surface area contributed by atoms with Gasteiger partial charge in [-0.2, -0.15) is 0 Å². The second-order valence-corrected chi connectivity index (χ2v) is 5.48. The van der Waals surface area contributed by atoms with E-state index in [0.29, 0.717) is 0 Å². The number of hydrogen-bond acceptors (Lipinski definition) is 2. The van der Waals surface area contributed by atoms with E-state index in [1.165, 1.54) is 25.7 Å². The maximum absolute atomic E-state index is 10.4. The molecular weight excluding hydrogens is 307 g/mol. The largest absolute Gasteiger partial charge is 0.481 e. The molecule has 0 aromatic heterocycles. The molecule has 0 aliphatic carbocycles. The fourth-order valence-corrected chi connectivity index (χ4v) is 2.14. The predicted molar refractivity (Wildman–Crippen MR) is 69.4 cm³/mol. The Kier molecular flexibility index (Phi) is 9.49. The third kappa shape index (κ3) is 9.11. The summed E-state index contributed by atoms with van der Waals surface area (Å²) in [7, 11) is 0. The summed E-state index contributed by atoms with van der Waals surface area (Å²) in [5, 5.41) is 18.0. The van der Waals surface area contributed by atoms with Gasteiger partial charge >= 0.3 is 5.97 Å². The zero-order valence-electron chi connectivity index (χ0n) is 9.29. The van der Waals surface area contributed by atoms with Crippen LogP contribution in [-0.2, 0) is 4.79 Å². The van der Waals surface area contributed by atoms with Gasteiger partial charge in [-0.15, -0.1) is 0 Å². The van der Waals surface area contributed by atoms with Crippen molar-refractivity contribution in [2.45, 2.75) is 61.9 Å². The Morgan fingerprint density at radius 3 is 2.40 bits per heavy atom. The zero-order valence-corrected chi connectivity index (χ0v) is 11.4. The van der Waals surface area contributed by atoms with Crippen molar-refractivity contribution in [2.24, 2.45) is 0 Å². The van der Waals surface area contributed by atoms with Crippen LogP contribution in [-0.4, -0.2) is 26.2 Å². The topological polar surface area (TPSA) is 57.5 Å². The van der Waals surface area contributed by atoms with Crippen molar-refractivity contribution in [3.63, 3.8) is 0 Å². The fourth-order valence-electron chi connectivity index (χ4n) is 1.44. The second-order valence-electron chi connectivity index (χ2n) is 3.88. The van der Waals surface area contributed by atoms with Crippen LogP contribution in [0.1, 0.15) is 51.9 Å². The van der Waals surface area contributed by atoms with Crippen LogP contribution in [0.25, 0.3) is 0 Å². The van der Waals surface area contributed by atoms with Gasteiger partial charge in [0.15, 0.2) is 0 Å². The van der Waals surface area contributed by atoms with Gasteiger partial charge in [-0.1, -0.05) is 61.6 Å². The van der Waals surface area contributed by atoms with Crippen molar-refractivity contribution >= 4 is 28.6 Å². The number of aliphatic hydroxyl groups is 1.